The number of hydrogen-bond acceptors (Lipinski definition) is 4. The van der Waals surface area contributed by atoms with Gasteiger partial charge in [0.25, 0.3) is 0 Å². The second kappa shape index (κ2) is 14.7. The van der Waals surface area contributed by atoms with Crippen LogP contribution < -0.4 is 9.80 Å². The molecule has 10 aromatic carbocycles. The van der Waals surface area contributed by atoms with Gasteiger partial charge in [0.05, 0.1) is 5.69 Å². The second-order valence-electron chi connectivity index (χ2n) is 15.7. The van der Waals surface area contributed by atoms with Crippen LogP contribution in [0.25, 0.3) is 76.9 Å². The molecule has 0 atom stereocenters. The SMILES string of the molecule is c1ccc(N(c2ccc(-c3ccc(-c4ccc(N(c5ccc6c(c5)oc5ccccc56)c5ccc6c(c5)oc5ccccc56)cc4)cc3)cc2)c2cccc3ccccc23)cc1. The summed E-state index contributed by atoms with van der Waals surface area (Å²) in [6.45, 7) is 0. The van der Waals surface area contributed by atoms with Crippen molar-refractivity contribution in [2.45, 2.75) is 0 Å². The molecule has 2 aromatic heterocycles. The molecule has 0 aliphatic carbocycles. The zero-order valence-electron chi connectivity index (χ0n) is 33.7. The molecule has 12 rings (SSSR count). The number of benzene rings is 10. The Bertz CT molecular complexity index is 3450. The Morgan fingerprint density at radius 3 is 1.18 bits per heavy atom. The minimum absolute atomic E-state index is 0.850. The highest BCUT2D eigenvalue weighted by atomic mass is 16.3. The molecule has 292 valence electrons. The van der Waals surface area contributed by atoms with Gasteiger partial charge in [-0.3, -0.25) is 0 Å². The van der Waals surface area contributed by atoms with Crippen LogP contribution in [0.2, 0.25) is 0 Å². The van der Waals surface area contributed by atoms with Gasteiger partial charge in [-0.15, -0.1) is 0 Å². The molecule has 0 bridgehead atoms. The number of hydrogen-bond donors (Lipinski definition) is 0. The zero-order valence-corrected chi connectivity index (χ0v) is 33.7. The van der Waals surface area contributed by atoms with Gasteiger partial charge in [0, 0.05) is 67.5 Å². The predicted molar refractivity (Wildman–Crippen MR) is 259 cm³/mol. The monoisotopic (exact) mass is 794 g/mol. The summed E-state index contributed by atoms with van der Waals surface area (Å²) in [7, 11) is 0. The van der Waals surface area contributed by atoms with Crippen molar-refractivity contribution in [1.82, 2.24) is 0 Å². The molecule has 0 aliphatic rings. The third-order valence-corrected chi connectivity index (χ3v) is 12.1. The van der Waals surface area contributed by atoms with E-state index < -0.39 is 0 Å². The van der Waals surface area contributed by atoms with Crippen LogP contribution in [0.15, 0.2) is 239 Å². The Kier molecular flexibility index (Phi) is 8.46. The normalized spacial score (nSPS) is 11.5. The Hall–Kier alpha value is -8.34. The van der Waals surface area contributed by atoms with E-state index in [1.54, 1.807) is 0 Å². The smallest absolute Gasteiger partial charge is 0.137 e. The molecule has 0 unspecified atom stereocenters. The lowest BCUT2D eigenvalue weighted by molar-refractivity contribution is 0.669. The summed E-state index contributed by atoms with van der Waals surface area (Å²) in [6.07, 6.45) is 0. The van der Waals surface area contributed by atoms with Gasteiger partial charge in [-0.1, -0.05) is 140 Å². The van der Waals surface area contributed by atoms with E-state index in [4.69, 9.17) is 8.83 Å². The summed E-state index contributed by atoms with van der Waals surface area (Å²) in [5, 5.41) is 6.86. The van der Waals surface area contributed by atoms with Crippen LogP contribution in [0.3, 0.4) is 0 Å². The first-order valence-electron chi connectivity index (χ1n) is 21.0. The Labute approximate surface area is 358 Å². The van der Waals surface area contributed by atoms with Crippen molar-refractivity contribution in [3.63, 3.8) is 0 Å². The largest absolute Gasteiger partial charge is 0.456 e. The van der Waals surface area contributed by atoms with Gasteiger partial charge in [0.2, 0.25) is 0 Å². The fourth-order valence-corrected chi connectivity index (χ4v) is 9.02. The molecular formula is C58H38N2O2. The Balaban J connectivity index is 0.861. The van der Waals surface area contributed by atoms with Crippen LogP contribution in [0.4, 0.5) is 34.1 Å². The van der Waals surface area contributed by atoms with Crippen LogP contribution in [-0.4, -0.2) is 0 Å². The van der Waals surface area contributed by atoms with Gasteiger partial charge in [-0.2, -0.15) is 0 Å². The molecule has 4 heteroatoms. The van der Waals surface area contributed by atoms with E-state index in [0.29, 0.717) is 0 Å². The van der Waals surface area contributed by atoms with Crippen molar-refractivity contribution in [3.05, 3.63) is 231 Å². The number of anilines is 6. The molecular weight excluding hydrogens is 757 g/mol. The average Bonchev–Trinajstić information content (AvgIpc) is 3.90. The fraction of sp³-hybridized carbons (Fsp3) is 0. The molecule has 0 saturated heterocycles. The zero-order chi connectivity index (χ0) is 41.0. The van der Waals surface area contributed by atoms with Gasteiger partial charge in [0.1, 0.15) is 22.3 Å². The van der Waals surface area contributed by atoms with Gasteiger partial charge in [0.15, 0.2) is 0 Å². The standard InChI is InChI=1S/C58H38N2O2/c1-2-13-44(14-3-1)60(54-18-10-12-43-11-4-5-15-49(43)54)46-31-27-42(28-32-46)40-23-21-39(22-24-40)41-25-29-45(30-26-41)59(47-33-35-52-50-16-6-8-19-55(50)61-57(52)37-47)48-34-36-53-51-17-7-9-20-56(51)62-58(53)38-48/h1-38H. The highest BCUT2D eigenvalue weighted by Gasteiger charge is 2.19. The number of nitrogens with zero attached hydrogens (tertiary/aromatic N) is 2. The van der Waals surface area contributed by atoms with Crippen LogP contribution in [0, 0.1) is 0 Å². The first kappa shape index (κ1) is 35.6. The first-order chi connectivity index (χ1) is 30.7. The topological polar surface area (TPSA) is 32.8 Å². The molecule has 2 heterocycles. The Morgan fingerprint density at radius 1 is 0.242 bits per heavy atom. The Morgan fingerprint density at radius 2 is 0.629 bits per heavy atom. The third kappa shape index (κ3) is 6.16. The van der Waals surface area contributed by atoms with Gasteiger partial charge in [-0.25, -0.2) is 0 Å². The molecule has 0 amide bonds. The minimum atomic E-state index is 0.850. The van der Waals surface area contributed by atoms with Crippen LogP contribution in [0.5, 0.6) is 0 Å². The van der Waals surface area contributed by atoms with Gasteiger partial charge >= 0.3 is 0 Å². The average molecular weight is 795 g/mol. The lowest BCUT2D eigenvalue weighted by Crippen LogP contribution is -2.10. The summed E-state index contributed by atoms with van der Waals surface area (Å²) >= 11 is 0. The molecule has 0 saturated carbocycles. The summed E-state index contributed by atoms with van der Waals surface area (Å²) in [5.74, 6) is 0. The highest BCUT2D eigenvalue weighted by Crippen LogP contribution is 2.43. The maximum atomic E-state index is 6.36. The lowest BCUT2D eigenvalue weighted by atomic mass is 9.99. The maximum absolute atomic E-state index is 6.36. The number of furan rings is 2. The molecule has 0 spiro atoms. The summed E-state index contributed by atoms with van der Waals surface area (Å²) < 4.78 is 12.7. The highest BCUT2D eigenvalue weighted by molar-refractivity contribution is 6.08. The molecule has 4 nitrogen and oxygen atoms in total. The number of fused-ring (bicyclic) bond motifs is 7. The van der Waals surface area contributed by atoms with Crippen molar-refractivity contribution < 1.29 is 8.83 Å². The van der Waals surface area contributed by atoms with Crippen molar-refractivity contribution in [2.75, 3.05) is 9.80 Å². The van der Waals surface area contributed by atoms with Crippen molar-refractivity contribution >= 4 is 88.8 Å². The van der Waals surface area contributed by atoms with Gasteiger partial charge in [-0.05, 0) is 107 Å². The lowest BCUT2D eigenvalue weighted by Gasteiger charge is -2.27. The molecule has 0 N–H and O–H groups in total. The summed E-state index contributed by atoms with van der Waals surface area (Å²) in [6, 6.07) is 81.6. The molecule has 62 heavy (non-hydrogen) atoms. The predicted octanol–water partition coefficient (Wildman–Crippen LogP) is 16.9. The maximum Gasteiger partial charge on any atom is 0.137 e. The summed E-state index contributed by atoms with van der Waals surface area (Å²) in [5.41, 5.74) is 14.5. The molecule has 0 fully saturated rings. The molecule has 0 aliphatic heterocycles. The van der Waals surface area contributed by atoms with E-state index in [2.05, 4.69) is 216 Å². The van der Waals surface area contributed by atoms with E-state index in [0.717, 1.165) is 89.1 Å². The fourth-order valence-electron chi connectivity index (χ4n) is 9.02. The van der Waals surface area contributed by atoms with Crippen molar-refractivity contribution in [2.24, 2.45) is 0 Å². The van der Waals surface area contributed by atoms with E-state index in [9.17, 15) is 0 Å². The van der Waals surface area contributed by atoms with E-state index in [1.165, 1.54) is 21.9 Å². The number of rotatable bonds is 8. The third-order valence-electron chi connectivity index (χ3n) is 12.1. The number of para-hydroxylation sites is 3. The van der Waals surface area contributed by atoms with Crippen LogP contribution >= 0.6 is 0 Å². The quantitative estimate of drug-likeness (QED) is 0.153. The van der Waals surface area contributed by atoms with Crippen molar-refractivity contribution in [3.8, 4) is 22.3 Å². The van der Waals surface area contributed by atoms with Gasteiger partial charge < -0.3 is 18.6 Å². The second-order valence-corrected chi connectivity index (χ2v) is 15.7. The van der Waals surface area contributed by atoms with Crippen LogP contribution in [0.1, 0.15) is 0 Å². The molecule has 12 aromatic rings. The van der Waals surface area contributed by atoms with Crippen LogP contribution in [-0.2, 0) is 0 Å². The van der Waals surface area contributed by atoms with E-state index >= 15 is 0 Å². The summed E-state index contributed by atoms with van der Waals surface area (Å²) in [4.78, 5) is 4.61. The first-order valence-corrected chi connectivity index (χ1v) is 21.0. The minimum Gasteiger partial charge on any atom is -0.456 e. The molecule has 0 radical (unpaired) electrons. The van der Waals surface area contributed by atoms with E-state index in [1.807, 2.05) is 24.3 Å². The van der Waals surface area contributed by atoms with Crippen molar-refractivity contribution in [1.29, 1.82) is 0 Å². The van der Waals surface area contributed by atoms with E-state index in [-0.39, 0.29) is 0 Å².